The van der Waals surface area contributed by atoms with Gasteiger partial charge in [0.2, 0.25) is 0 Å². The number of hydrogen-bond acceptors (Lipinski definition) is 5. The van der Waals surface area contributed by atoms with Crippen LogP contribution in [-0.2, 0) is 4.79 Å². The number of nitrogens with one attached hydrogen (secondary N) is 2. The lowest BCUT2D eigenvalue weighted by Gasteiger charge is -2.37. The number of likely N-dealkylation sites (tertiary alicyclic amines) is 1. The average Bonchev–Trinajstić information content (AvgIpc) is 2.88. The fourth-order valence-electron chi connectivity index (χ4n) is 3.31. The highest BCUT2D eigenvalue weighted by Gasteiger charge is 2.48. The summed E-state index contributed by atoms with van der Waals surface area (Å²) in [7, 11) is 1.54. The molecule has 1 aromatic carbocycles. The van der Waals surface area contributed by atoms with Gasteiger partial charge < -0.3 is 19.7 Å². The average molecular weight is 426 g/mol. The first-order chi connectivity index (χ1) is 12.4. The van der Waals surface area contributed by atoms with Crippen LogP contribution in [0, 0.1) is 0 Å². The van der Waals surface area contributed by atoms with Crippen LogP contribution in [-0.4, -0.2) is 55.1 Å². The standard InChI is InChI=1S/C17H20BrN3O5/c1-3-26-12-9-10(8-11(18)13(12)25-2)14(22)21-6-4-17(5-7-21)15(23)19-16(24)20-17/h8-9H,3-7H2,1-2H3,(H2,19,20,23,24). The number of ether oxygens (including phenoxy) is 2. The van der Waals surface area contributed by atoms with Crippen molar-refractivity contribution in [3.8, 4) is 11.5 Å². The van der Waals surface area contributed by atoms with Gasteiger partial charge in [0.05, 0.1) is 18.2 Å². The highest BCUT2D eigenvalue weighted by atomic mass is 79.9. The van der Waals surface area contributed by atoms with E-state index < -0.39 is 11.6 Å². The van der Waals surface area contributed by atoms with Crippen molar-refractivity contribution in [2.24, 2.45) is 0 Å². The second-order valence-electron chi connectivity index (χ2n) is 6.21. The Morgan fingerprint density at radius 2 is 2.00 bits per heavy atom. The number of nitrogens with zero attached hydrogens (tertiary/aromatic N) is 1. The Labute approximate surface area is 159 Å². The fraction of sp³-hybridized carbons (Fsp3) is 0.471. The minimum absolute atomic E-state index is 0.158. The first-order valence-electron chi connectivity index (χ1n) is 8.33. The molecule has 0 saturated carbocycles. The van der Waals surface area contributed by atoms with E-state index in [4.69, 9.17) is 9.47 Å². The summed E-state index contributed by atoms with van der Waals surface area (Å²) < 4.78 is 11.5. The molecule has 0 bridgehead atoms. The highest BCUT2D eigenvalue weighted by molar-refractivity contribution is 9.10. The summed E-state index contributed by atoms with van der Waals surface area (Å²) in [5, 5.41) is 4.95. The van der Waals surface area contributed by atoms with Crippen LogP contribution >= 0.6 is 15.9 Å². The predicted octanol–water partition coefficient (Wildman–Crippen LogP) is 1.67. The normalized spacial score (nSPS) is 18.5. The van der Waals surface area contributed by atoms with E-state index in [1.807, 2.05) is 6.92 Å². The molecular weight excluding hydrogens is 406 g/mol. The Bertz CT molecular complexity index is 759. The van der Waals surface area contributed by atoms with Gasteiger partial charge in [0.25, 0.3) is 11.8 Å². The Morgan fingerprint density at radius 1 is 1.31 bits per heavy atom. The summed E-state index contributed by atoms with van der Waals surface area (Å²) in [6, 6.07) is 2.87. The van der Waals surface area contributed by atoms with Crippen LogP contribution in [0.1, 0.15) is 30.1 Å². The largest absolute Gasteiger partial charge is 0.492 e. The summed E-state index contributed by atoms with van der Waals surface area (Å²) in [6.07, 6.45) is 0.762. The number of imide groups is 1. The third-order valence-corrected chi connectivity index (χ3v) is 5.27. The number of rotatable bonds is 4. The van der Waals surface area contributed by atoms with E-state index in [0.29, 0.717) is 54.1 Å². The second-order valence-corrected chi connectivity index (χ2v) is 7.06. The van der Waals surface area contributed by atoms with Crippen molar-refractivity contribution in [1.29, 1.82) is 0 Å². The molecule has 2 aliphatic heterocycles. The minimum atomic E-state index is -0.898. The number of hydrogen-bond donors (Lipinski definition) is 2. The quantitative estimate of drug-likeness (QED) is 0.715. The van der Waals surface area contributed by atoms with E-state index in [2.05, 4.69) is 26.6 Å². The zero-order chi connectivity index (χ0) is 18.9. The highest BCUT2D eigenvalue weighted by Crippen LogP contribution is 2.37. The molecule has 8 nitrogen and oxygen atoms in total. The lowest BCUT2D eigenvalue weighted by Crippen LogP contribution is -2.55. The lowest BCUT2D eigenvalue weighted by molar-refractivity contribution is -0.125. The molecule has 2 heterocycles. The molecule has 2 fully saturated rings. The number of piperidine rings is 1. The SMILES string of the molecule is CCOc1cc(C(=O)N2CCC3(CC2)NC(=O)NC3=O)cc(Br)c1OC. The first-order valence-corrected chi connectivity index (χ1v) is 9.12. The molecular formula is C17H20BrN3O5. The molecule has 26 heavy (non-hydrogen) atoms. The number of urea groups is 1. The summed E-state index contributed by atoms with van der Waals surface area (Å²) >= 11 is 3.41. The molecule has 0 atom stereocenters. The monoisotopic (exact) mass is 425 g/mol. The molecule has 1 spiro atoms. The number of carbonyl (C=O) groups is 3. The second kappa shape index (κ2) is 7.14. The number of halogens is 1. The number of carbonyl (C=O) groups excluding carboxylic acids is 3. The third kappa shape index (κ3) is 3.23. The number of amides is 4. The van der Waals surface area contributed by atoms with Crippen molar-refractivity contribution in [3.63, 3.8) is 0 Å². The Morgan fingerprint density at radius 3 is 2.54 bits per heavy atom. The maximum Gasteiger partial charge on any atom is 0.322 e. The van der Waals surface area contributed by atoms with E-state index in [9.17, 15) is 14.4 Å². The number of methoxy groups -OCH3 is 1. The van der Waals surface area contributed by atoms with Crippen LogP contribution in [0.15, 0.2) is 16.6 Å². The van der Waals surface area contributed by atoms with Crippen LogP contribution < -0.4 is 20.1 Å². The third-order valence-electron chi connectivity index (χ3n) is 4.68. The topological polar surface area (TPSA) is 97.0 Å². The molecule has 2 N–H and O–H groups in total. The Kier molecular flexibility index (Phi) is 5.08. The number of benzene rings is 1. The van der Waals surface area contributed by atoms with Crippen LogP contribution in [0.2, 0.25) is 0 Å². The summed E-state index contributed by atoms with van der Waals surface area (Å²) in [5.74, 6) is 0.546. The van der Waals surface area contributed by atoms with Crippen molar-refractivity contribution in [1.82, 2.24) is 15.5 Å². The summed E-state index contributed by atoms with van der Waals surface area (Å²) in [6.45, 7) is 3.05. The van der Waals surface area contributed by atoms with Crippen molar-refractivity contribution < 1.29 is 23.9 Å². The molecule has 0 unspecified atom stereocenters. The Hall–Kier alpha value is -2.29. The molecule has 0 radical (unpaired) electrons. The minimum Gasteiger partial charge on any atom is -0.492 e. The van der Waals surface area contributed by atoms with Gasteiger partial charge in [-0.15, -0.1) is 0 Å². The molecule has 0 aromatic heterocycles. The summed E-state index contributed by atoms with van der Waals surface area (Å²) in [4.78, 5) is 38.0. The van der Waals surface area contributed by atoms with Gasteiger partial charge >= 0.3 is 6.03 Å². The predicted molar refractivity (Wildman–Crippen MR) is 96.4 cm³/mol. The first kappa shape index (κ1) is 18.5. The van der Waals surface area contributed by atoms with Gasteiger partial charge in [-0.2, -0.15) is 0 Å². The van der Waals surface area contributed by atoms with Gasteiger partial charge in [0.15, 0.2) is 11.5 Å². The van der Waals surface area contributed by atoms with Gasteiger partial charge in [-0.25, -0.2) is 4.79 Å². The van der Waals surface area contributed by atoms with Gasteiger partial charge in [-0.1, -0.05) is 0 Å². The smallest absolute Gasteiger partial charge is 0.322 e. The van der Waals surface area contributed by atoms with E-state index >= 15 is 0 Å². The van der Waals surface area contributed by atoms with Crippen molar-refractivity contribution in [2.45, 2.75) is 25.3 Å². The van der Waals surface area contributed by atoms with Crippen molar-refractivity contribution >= 4 is 33.8 Å². The zero-order valence-corrected chi connectivity index (χ0v) is 16.1. The van der Waals surface area contributed by atoms with Gasteiger partial charge in [0, 0.05) is 18.7 Å². The molecule has 2 saturated heterocycles. The molecule has 4 amide bonds. The molecule has 0 aliphatic carbocycles. The van der Waals surface area contributed by atoms with Crippen molar-refractivity contribution in [2.75, 3.05) is 26.8 Å². The fourth-order valence-corrected chi connectivity index (χ4v) is 3.91. The van der Waals surface area contributed by atoms with E-state index in [1.165, 1.54) is 7.11 Å². The van der Waals surface area contributed by atoms with E-state index in [1.54, 1.807) is 17.0 Å². The maximum absolute atomic E-state index is 12.9. The molecule has 9 heteroatoms. The van der Waals surface area contributed by atoms with Crippen LogP contribution in [0.4, 0.5) is 4.79 Å². The summed E-state index contributed by atoms with van der Waals surface area (Å²) in [5.41, 5.74) is -0.429. The zero-order valence-electron chi connectivity index (χ0n) is 14.6. The van der Waals surface area contributed by atoms with E-state index in [-0.39, 0.29) is 11.8 Å². The molecule has 140 valence electrons. The maximum atomic E-state index is 12.9. The van der Waals surface area contributed by atoms with Crippen LogP contribution in [0.3, 0.4) is 0 Å². The Balaban J connectivity index is 1.76. The van der Waals surface area contributed by atoms with Gasteiger partial charge in [0.1, 0.15) is 5.54 Å². The van der Waals surface area contributed by atoms with Crippen molar-refractivity contribution in [3.05, 3.63) is 22.2 Å². The molecule has 2 aliphatic rings. The van der Waals surface area contributed by atoms with Crippen LogP contribution in [0.5, 0.6) is 11.5 Å². The van der Waals surface area contributed by atoms with Gasteiger partial charge in [-0.05, 0) is 47.8 Å². The molecule has 3 rings (SSSR count). The van der Waals surface area contributed by atoms with Gasteiger partial charge in [-0.3, -0.25) is 14.9 Å². The lowest BCUT2D eigenvalue weighted by atomic mass is 9.87. The molecule has 1 aromatic rings. The van der Waals surface area contributed by atoms with E-state index in [0.717, 1.165) is 0 Å². The van der Waals surface area contributed by atoms with Crippen LogP contribution in [0.25, 0.3) is 0 Å².